The van der Waals surface area contributed by atoms with Gasteiger partial charge >= 0.3 is 75.9 Å². The summed E-state index contributed by atoms with van der Waals surface area (Å²) < 4.78 is 240. The highest BCUT2D eigenvalue weighted by atomic mass is 32.2. The highest BCUT2D eigenvalue weighted by molar-refractivity contribution is 7.89. The van der Waals surface area contributed by atoms with Gasteiger partial charge in [-0.3, -0.25) is 18.5 Å². The molecule has 0 radical (unpaired) electrons. The van der Waals surface area contributed by atoms with Crippen LogP contribution in [0.4, 0.5) is 40.8 Å². The number of rotatable bonds is 18. The molecule has 1 amide bonds. The van der Waals surface area contributed by atoms with E-state index in [9.17, 15) is 97.3 Å². The number of alkyl halides is 8. The molecule has 0 spiro atoms. The minimum absolute atomic E-state index is 0.0299. The van der Waals surface area contributed by atoms with Gasteiger partial charge in [-0.25, -0.2) is 19.2 Å². The quantitative estimate of drug-likeness (QED) is 0.0212. The average Bonchev–Trinajstić information content (AvgIpc) is 3.28. The van der Waals surface area contributed by atoms with Crippen LogP contribution in [0, 0.1) is 0 Å². The molecule has 22 nitrogen and oxygen atoms in total. The molecule has 4 N–H and O–H groups in total. The van der Waals surface area contributed by atoms with Crippen molar-refractivity contribution in [3.8, 4) is 23.0 Å². The summed E-state index contributed by atoms with van der Waals surface area (Å²) in [6.45, 7) is 13.1. The van der Waals surface area contributed by atoms with Crippen molar-refractivity contribution in [3.05, 3.63) is 121 Å². The van der Waals surface area contributed by atoms with Crippen LogP contribution in [-0.4, -0.2) is 105 Å². The van der Waals surface area contributed by atoms with Gasteiger partial charge in [0.1, 0.15) is 27.9 Å². The summed E-state index contributed by atoms with van der Waals surface area (Å²) >= 11 is 0. The van der Waals surface area contributed by atoms with Gasteiger partial charge < -0.3 is 28.4 Å². The maximum Gasteiger partial charge on any atom is 0.465 e. The number of hydrogen-bond acceptors (Lipinski definition) is 18. The molecule has 0 aromatic heterocycles. The van der Waals surface area contributed by atoms with Crippen molar-refractivity contribution in [2.75, 3.05) is 11.9 Å². The Morgan fingerprint density at radius 3 is 1.45 bits per heavy atom. The first-order valence-electron chi connectivity index (χ1n) is 19.1. The molecule has 0 atom stereocenters. The number of amides is 1. The van der Waals surface area contributed by atoms with Gasteiger partial charge in [0.2, 0.25) is 0 Å². The molecule has 0 aliphatic carbocycles. The van der Waals surface area contributed by atoms with E-state index in [1.807, 2.05) is 0 Å². The molecule has 0 saturated heterocycles. The molecule has 0 saturated carbocycles. The minimum atomic E-state index is -7.13. The van der Waals surface area contributed by atoms with Crippen LogP contribution in [0.1, 0.15) is 20.8 Å². The zero-order chi connectivity index (χ0) is 58.1. The van der Waals surface area contributed by atoms with Gasteiger partial charge in [-0.1, -0.05) is 44.0 Å². The number of carbonyl (C=O) groups excluding carboxylic acids is 5. The van der Waals surface area contributed by atoms with Gasteiger partial charge in [0.25, 0.3) is 16.0 Å². The van der Waals surface area contributed by atoms with Crippen molar-refractivity contribution in [3.63, 3.8) is 0 Å². The third-order valence-corrected chi connectivity index (χ3v) is 12.2. The summed E-state index contributed by atoms with van der Waals surface area (Å²) in [5, 5.41) is -16.0. The fraction of sp³-hybridized carbons (Fsp3) is 0.195. The third kappa shape index (κ3) is 16.1. The van der Waals surface area contributed by atoms with Crippen molar-refractivity contribution in [1.82, 2.24) is 0 Å². The molecule has 4 rings (SSSR count). The number of nitrogens with one attached hydrogen (secondary N) is 1. The fourth-order valence-corrected chi connectivity index (χ4v) is 6.88. The maximum atomic E-state index is 13.6. The van der Waals surface area contributed by atoms with E-state index < -0.39 is 104 Å². The van der Waals surface area contributed by atoms with E-state index in [0.29, 0.717) is 17.5 Å². The minimum Gasteiger partial charge on any atom is -0.448 e. The Hall–Kier alpha value is -7.37. The monoisotopic (exact) mass is 1160 g/mol. The Balaban J connectivity index is 0.000000391. The summed E-state index contributed by atoms with van der Waals surface area (Å²) in [6, 6.07) is 16.8. The molecule has 0 fully saturated rings. The fourth-order valence-electron chi connectivity index (χ4n) is 4.49. The Kier molecular flexibility index (Phi) is 20.3. The number of ether oxygens (including phenoxy) is 4. The van der Waals surface area contributed by atoms with Gasteiger partial charge in [-0.05, 0) is 81.4 Å². The summed E-state index contributed by atoms with van der Waals surface area (Å²) in [6.07, 6.45) is 0. The lowest BCUT2D eigenvalue weighted by molar-refractivity contribution is -0.247. The largest absolute Gasteiger partial charge is 0.465 e. The molecule has 34 heteroatoms. The van der Waals surface area contributed by atoms with Crippen LogP contribution in [0.5, 0.6) is 23.0 Å². The Bertz CT molecular complexity index is 3370. The number of halogens is 8. The highest BCUT2D eigenvalue weighted by Gasteiger charge is 2.83. The number of fused-ring (bicyclic) bond motifs is 1. The smallest absolute Gasteiger partial charge is 0.448 e. The topological polar surface area (TPSA) is 341 Å². The molecule has 4 aromatic rings. The van der Waals surface area contributed by atoms with Gasteiger partial charge in [-0.2, -0.15) is 68.8 Å². The van der Waals surface area contributed by atoms with Gasteiger partial charge in [-0.15, -0.1) is 0 Å². The van der Waals surface area contributed by atoms with Crippen LogP contribution in [0.3, 0.4) is 0 Å². The lowest BCUT2D eigenvalue weighted by atomic mass is 10.1. The molecule has 0 aliphatic heterocycles. The molecule has 4 aromatic carbocycles. The molecular formula is C41H35F8NO21S4. The first-order chi connectivity index (χ1) is 33.9. The highest BCUT2D eigenvalue weighted by Crippen LogP contribution is 2.51. The van der Waals surface area contributed by atoms with Crippen molar-refractivity contribution in [2.45, 2.75) is 47.4 Å². The molecule has 0 unspecified atom stereocenters. The van der Waals surface area contributed by atoms with Gasteiger partial charge in [0.15, 0.2) is 6.61 Å². The molecule has 0 heterocycles. The molecular weight excluding hydrogens is 1120 g/mol. The van der Waals surface area contributed by atoms with Crippen LogP contribution < -0.4 is 23.7 Å². The van der Waals surface area contributed by atoms with E-state index in [2.05, 4.69) is 38.7 Å². The maximum absolute atomic E-state index is 13.6. The second-order valence-corrected chi connectivity index (χ2v) is 20.2. The van der Waals surface area contributed by atoms with E-state index in [4.69, 9.17) is 18.6 Å². The summed E-state index contributed by atoms with van der Waals surface area (Å²) in [4.78, 5) is 56.3. The van der Waals surface area contributed by atoms with Crippen molar-refractivity contribution in [2.24, 2.45) is 0 Å². The Morgan fingerprint density at radius 2 is 1.01 bits per heavy atom. The molecule has 0 bridgehead atoms. The lowest BCUT2D eigenvalue weighted by Crippen LogP contribution is -2.61. The van der Waals surface area contributed by atoms with Crippen LogP contribution in [-0.2, 0) is 69.2 Å². The second kappa shape index (κ2) is 23.9. The van der Waals surface area contributed by atoms with Crippen molar-refractivity contribution < 1.29 is 130 Å². The number of carbonyl (C=O) groups is 5. The van der Waals surface area contributed by atoms with E-state index in [-0.39, 0.29) is 49.9 Å². The van der Waals surface area contributed by atoms with Crippen molar-refractivity contribution in [1.29, 1.82) is 0 Å². The average molecular weight is 1160 g/mol. The Morgan fingerprint density at radius 1 is 0.560 bits per heavy atom. The standard InChI is InChI=1S/C14H12F2O9S.C14H12O5S.C13H11F6NO7S2/c1-8(2)12(18)25-10-5-3-9(4-6-10)24-11(17)7-23-13(19)14(15,16)26(20,21)22;1-9(2)14(15)19-12-7-8-13(20(16,17)18)11-6-4-3-5-10(11)12;1-7(2)10(21)20-8-3-5-9(6-4-8)27-29(25,26)13(18,19)11(14,15)12(16,17)28(22,23)24/h3-6H,1,7H2,2H3,(H,20,21,22);3-8H,1H2,2H3,(H,16,17,18);3-6H,1H2,2H3,(H,20,21)(H,22,23,24). The van der Waals surface area contributed by atoms with E-state index >= 15 is 0 Å². The van der Waals surface area contributed by atoms with E-state index in [1.54, 1.807) is 18.2 Å². The van der Waals surface area contributed by atoms with Gasteiger partial charge in [0, 0.05) is 33.2 Å². The number of hydrogen-bond donors (Lipinski definition) is 4. The zero-order valence-electron chi connectivity index (χ0n) is 37.8. The molecule has 75 heavy (non-hydrogen) atoms. The first-order valence-corrected chi connectivity index (χ1v) is 24.8. The van der Waals surface area contributed by atoms with Crippen LogP contribution in [0.15, 0.2) is 126 Å². The third-order valence-electron chi connectivity index (χ3n) is 8.24. The number of benzene rings is 4. The van der Waals surface area contributed by atoms with Crippen molar-refractivity contribution >= 4 is 86.7 Å². The normalized spacial score (nSPS) is 12.2. The number of esters is 4. The Labute approximate surface area is 418 Å². The van der Waals surface area contributed by atoms with E-state index in [1.165, 1.54) is 63.2 Å². The second-order valence-electron chi connectivity index (χ2n) is 14.3. The lowest BCUT2D eigenvalue weighted by Gasteiger charge is -2.29. The van der Waals surface area contributed by atoms with Crippen LogP contribution in [0.25, 0.3) is 10.8 Å². The first kappa shape index (κ1) is 63.7. The molecule has 0 aliphatic rings. The molecule has 410 valence electrons. The summed E-state index contributed by atoms with van der Waals surface area (Å²) in [7, 11) is -24.4. The van der Waals surface area contributed by atoms with Gasteiger partial charge in [0.05, 0.1) is 0 Å². The zero-order valence-corrected chi connectivity index (χ0v) is 41.0. The van der Waals surface area contributed by atoms with Crippen LogP contribution >= 0.6 is 0 Å². The summed E-state index contributed by atoms with van der Waals surface area (Å²) in [5.74, 6) is -13.9. The van der Waals surface area contributed by atoms with Crippen LogP contribution in [0.2, 0.25) is 0 Å². The summed E-state index contributed by atoms with van der Waals surface area (Å²) in [5.41, 5.74) is 0.421. The predicted molar refractivity (Wildman–Crippen MR) is 240 cm³/mol. The van der Waals surface area contributed by atoms with E-state index in [0.717, 1.165) is 12.1 Å². The SMILES string of the molecule is C=C(C)C(=O)Nc1ccc(OS(=O)(=O)C(F)(F)C(F)(F)C(F)(F)S(=O)(=O)O)cc1.C=C(C)C(=O)Oc1ccc(OC(=O)COC(=O)C(F)(F)S(=O)(=O)O)cc1.C=C(C)C(=O)Oc1ccc(S(=O)(=O)O)c2ccccc12. The predicted octanol–water partition coefficient (Wildman–Crippen LogP) is 6.28. The number of anilines is 1.